The topological polar surface area (TPSA) is 119 Å². The summed E-state index contributed by atoms with van der Waals surface area (Å²) in [6, 6.07) is 13.8. The first-order valence-corrected chi connectivity index (χ1v) is 14.9. The van der Waals surface area contributed by atoms with Crippen LogP contribution in [-0.4, -0.2) is 39.2 Å². The molecule has 0 aliphatic carbocycles. The molecule has 0 radical (unpaired) electrons. The van der Waals surface area contributed by atoms with Gasteiger partial charge in [0.15, 0.2) is 28.2 Å². The minimum Gasteiger partial charge on any atom is -0.503 e. The monoisotopic (exact) mass is 603 g/mol. The van der Waals surface area contributed by atoms with Crippen LogP contribution in [0.15, 0.2) is 59.9 Å². The molecule has 2 aromatic heterocycles. The van der Waals surface area contributed by atoms with Crippen LogP contribution >= 0.6 is 22.7 Å². The first-order valence-electron chi connectivity index (χ1n) is 13.3. The van der Waals surface area contributed by atoms with Crippen molar-refractivity contribution in [3.8, 4) is 11.5 Å². The number of ether oxygens (including phenoxy) is 2. The van der Waals surface area contributed by atoms with Gasteiger partial charge < -0.3 is 14.6 Å². The van der Waals surface area contributed by atoms with Crippen LogP contribution in [0.2, 0.25) is 0 Å². The molecule has 0 saturated carbocycles. The first kappa shape index (κ1) is 29.2. The lowest BCUT2D eigenvalue weighted by Crippen LogP contribution is -2.31. The van der Waals surface area contributed by atoms with Crippen LogP contribution in [0, 0.1) is 20.8 Å². The van der Waals surface area contributed by atoms with E-state index in [1.54, 1.807) is 39.0 Å². The molecule has 11 heteroatoms. The van der Waals surface area contributed by atoms with Gasteiger partial charge in [0.05, 0.1) is 44.4 Å². The van der Waals surface area contributed by atoms with Crippen molar-refractivity contribution in [2.24, 2.45) is 0 Å². The van der Waals surface area contributed by atoms with Crippen LogP contribution in [0.5, 0.6) is 11.5 Å². The van der Waals surface area contributed by atoms with Gasteiger partial charge in [-0.3, -0.25) is 19.3 Å². The van der Waals surface area contributed by atoms with E-state index in [1.807, 2.05) is 37.3 Å². The van der Waals surface area contributed by atoms with Gasteiger partial charge in [-0.2, -0.15) is 0 Å². The van der Waals surface area contributed by atoms with E-state index in [0.29, 0.717) is 56.4 Å². The fraction of sp³-hybridized carbons (Fsp3) is 0.258. The summed E-state index contributed by atoms with van der Waals surface area (Å²) in [6.45, 7) is 9.12. The lowest BCUT2D eigenvalue weighted by Gasteiger charge is -2.25. The molecule has 9 nitrogen and oxygen atoms in total. The number of Topliss-reactive ketones (excluding diaryl/α,β-unsaturated/α-hetero) is 2. The molecule has 5 rings (SSSR count). The first-order chi connectivity index (χ1) is 20.1. The normalized spacial score (nSPS) is 14.9. The Bertz CT molecular complexity index is 1720. The second-order valence-electron chi connectivity index (χ2n) is 9.70. The molecule has 0 fully saturated rings. The molecule has 1 amide bonds. The number of aliphatic hydroxyl groups is 1. The number of carbonyl (C=O) groups is 3. The van der Waals surface area contributed by atoms with Crippen molar-refractivity contribution in [3.05, 3.63) is 97.1 Å². The van der Waals surface area contributed by atoms with Gasteiger partial charge in [-0.1, -0.05) is 47.7 Å². The smallest absolute Gasteiger partial charge is 0.296 e. The fourth-order valence-corrected chi connectivity index (χ4v) is 6.71. The van der Waals surface area contributed by atoms with E-state index in [-0.39, 0.29) is 16.5 Å². The number of anilines is 1. The molecule has 42 heavy (non-hydrogen) atoms. The zero-order valence-electron chi connectivity index (χ0n) is 23.8. The van der Waals surface area contributed by atoms with Crippen molar-refractivity contribution in [2.75, 3.05) is 11.5 Å². The third-order valence-electron chi connectivity index (χ3n) is 6.69. The molecular formula is C31H29N3O6S2. The van der Waals surface area contributed by atoms with Crippen molar-refractivity contribution < 1.29 is 29.0 Å². The van der Waals surface area contributed by atoms with E-state index in [4.69, 9.17) is 9.47 Å². The highest BCUT2D eigenvalue weighted by atomic mass is 32.1. The summed E-state index contributed by atoms with van der Waals surface area (Å²) in [5.74, 6) is -1.25. The summed E-state index contributed by atoms with van der Waals surface area (Å²) in [4.78, 5) is 50.7. The number of aliphatic hydroxyl groups excluding tert-OH is 1. The van der Waals surface area contributed by atoms with Crippen molar-refractivity contribution in [1.29, 1.82) is 0 Å². The zero-order valence-corrected chi connectivity index (χ0v) is 25.4. The summed E-state index contributed by atoms with van der Waals surface area (Å²) in [5, 5.41) is 12.1. The lowest BCUT2D eigenvalue weighted by molar-refractivity contribution is -0.117. The van der Waals surface area contributed by atoms with Crippen molar-refractivity contribution >= 4 is 45.3 Å². The highest BCUT2D eigenvalue weighted by Crippen LogP contribution is 2.46. The molecule has 2 aromatic carbocycles. The van der Waals surface area contributed by atoms with Crippen LogP contribution < -0.4 is 14.4 Å². The van der Waals surface area contributed by atoms with Crippen LogP contribution in [-0.2, 0) is 11.4 Å². The van der Waals surface area contributed by atoms with Gasteiger partial charge in [-0.15, -0.1) is 11.3 Å². The second-order valence-corrected chi connectivity index (χ2v) is 11.9. The van der Waals surface area contributed by atoms with E-state index in [9.17, 15) is 19.5 Å². The Balaban J connectivity index is 1.62. The van der Waals surface area contributed by atoms with Crippen LogP contribution in [0.3, 0.4) is 0 Å². The molecular weight excluding hydrogens is 574 g/mol. The lowest BCUT2D eigenvalue weighted by atomic mass is 9.95. The SMILES string of the molecule is CCOc1cc(C2C(C(=O)c3sc(C)nc3C)=C(O)C(=O)N2c2nc(C)c(C(C)=O)s2)ccc1OCc1ccccc1. The number of hydrogen-bond donors (Lipinski definition) is 1. The molecule has 1 aliphatic heterocycles. The molecule has 1 atom stereocenters. The summed E-state index contributed by atoms with van der Waals surface area (Å²) in [6.07, 6.45) is 0. The van der Waals surface area contributed by atoms with E-state index in [1.165, 1.54) is 23.2 Å². The maximum absolute atomic E-state index is 14.0. The van der Waals surface area contributed by atoms with E-state index >= 15 is 0 Å². The molecule has 1 aliphatic rings. The van der Waals surface area contributed by atoms with Crippen LogP contribution in [0.1, 0.15) is 66.8 Å². The van der Waals surface area contributed by atoms with Gasteiger partial charge in [-0.05, 0) is 51.0 Å². The van der Waals surface area contributed by atoms with Gasteiger partial charge in [0.25, 0.3) is 5.91 Å². The summed E-state index contributed by atoms with van der Waals surface area (Å²) in [7, 11) is 0. The predicted molar refractivity (Wildman–Crippen MR) is 161 cm³/mol. The minimum absolute atomic E-state index is 0.0932. The standard InChI is InChI=1S/C31H29N3O6S2/c1-6-39-23-14-21(12-13-22(23)40-15-20-10-8-7-9-11-20)25-24(26(36)29-17(3)32-19(5)41-29)27(37)30(38)34(25)31-33-16(2)28(42-31)18(4)35/h7-14,25,37H,6,15H2,1-5H3. The maximum Gasteiger partial charge on any atom is 0.296 e. The third kappa shape index (κ3) is 5.45. The van der Waals surface area contributed by atoms with Gasteiger partial charge in [0, 0.05) is 6.92 Å². The number of ketones is 2. The molecule has 1 unspecified atom stereocenters. The highest BCUT2D eigenvalue weighted by molar-refractivity contribution is 7.18. The van der Waals surface area contributed by atoms with Crippen molar-refractivity contribution in [1.82, 2.24) is 9.97 Å². The average molecular weight is 604 g/mol. The quantitative estimate of drug-likeness (QED) is 0.204. The molecule has 1 N–H and O–H groups in total. The summed E-state index contributed by atoms with van der Waals surface area (Å²) in [5.41, 5.74) is 2.36. The van der Waals surface area contributed by atoms with Crippen molar-refractivity contribution in [2.45, 2.75) is 47.3 Å². The molecule has 0 spiro atoms. The molecule has 0 saturated heterocycles. The second kappa shape index (κ2) is 11.9. The molecule has 4 aromatic rings. The Labute approximate surface area is 251 Å². The average Bonchev–Trinajstić information content (AvgIpc) is 3.60. The number of rotatable bonds is 10. The Morgan fingerprint density at radius 2 is 1.67 bits per heavy atom. The fourth-order valence-electron chi connectivity index (χ4n) is 4.84. The van der Waals surface area contributed by atoms with Crippen molar-refractivity contribution in [3.63, 3.8) is 0 Å². The number of benzene rings is 2. The van der Waals surface area contributed by atoms with E-state index in [2.05, 4.69) is 9.97 Å². The number of carbonyl (C=O) groups excluding carboxylic acids is 3. The van der Waals surface area contributed by atoms with Crippen LogP contribution in [0.4, 0.5) is 5.13 Å². The molecule has 216 valence electrons. The third-order valence-corrected chi connectivity index (χ3v) is 9.02. The van der Waals surface area contributed by atoms with E-state index in [0.717, 1.165) is 16.9 Å². The van der Waals surface area contributed by atoms with Gasteiger partial charge in [-0.25, -0.2) is 9.97 Å². The Morgan fingerprint density at radius 1 is 0.952 bits per heavy atom. The zero-order chi connectivity index (χ0) is 30.1. The number of thiazole rings is 2. The van der Waals surface area contributed by atoms with Crippen LogP contribution in [0.25, 0.3) is 0 Å². The van der Waals surface area contributed by atoms with Gasteiger partial charge in [0.2, 0.25) is 5.78 Å². The van der Waals surface area contributed by atoms with E-state index < -0.39 is 23.5 Å². The molecule has 3 heterocycles. The largest absolute Gasteiger partial charge is 0.503 e. The Kier molecular flexibility index (Phi) is 8.24. The summed E-state index contributed by atoms with van der Waals surface area (Å²) >= 11 is 2.24. The maximum atomic E-state index is 14.0. The molecule has 0 bridgehead atoms. The number of nitrogens with zero attached hydrogens (tertiary/aromatic N) is 3. The van der Waals surface area contributed by atoms with Gasteiger partial charge in [0.1, 0.15) is 6.61 Å². The highest BCUT2D eigenvalue weighted by Gasteiger charge is 2.47. The minimum atomic E-state index is -1.04. The number of amides is 1. The predicted octanol–water partition coefficient (Wildman–Crippen LogP) is 6.49. The summed E-state index contributed by atoms with van der Waals surface area (Å²) < 4.78 is 12.0. The Morgan fingerprint density at radius 3 is 2.29 bits per heavy atom. The number of aryl methyl sites for hydroxylation is 3. The number of aromatic nitrogens is 2. The Hall–Kier alpha value is -4.35. The number of hydrogen-bond acceptors (Lipinski definition) is 10. The van der Waals surface area contributed by atoms with Gasteiger partial charge >= 0.3 is 0 Å².